The highest BCUT2D eigenvalue weighted by molar-refractivity contribution is 7.18. The van der Waals surface area contributed by atoms with Crippen LogP contribution in [0.3, 0.4) is 0 Å². The van der Waals surface area contributed by atoms with Crippen LogP contribution in [0.25, 0.3) is 11.3 Å². The van der Waals surface area contributed by atoms with E-state index in [0.29, 0.717) is 49.2 Å². The SMILES string of the molecule is O=C(CC1CCNCC1)Nc1nc(-c2cccc(Cl)c2)c(C(=O)c2ccccc2Cl)s1. The number of carbonyl (C=O) groups excluding carboxylic acids is 2. The van der Waals surface area contributed by atoms with Crippen LogP contribution >= 0.6 is 34.5 Å². The number of hydrogen-bond donors (Lipinski definition) is 2. The summed E-state index contributed by atoms with van der Waals surface area (Å²) in [6.45, 7) is 1.87. The smallest absolute Gasteiger partial charge is 0.226 e. The first-order valence-electron chi connectivity index (χ1n) is 10.1. The second-order valence-corrected chi connectivity index (χ2v) is 9.30. The van der Waals surface area contributed by atoms with Crippen molar-refractivity contribution in [3.63, 3.8) is 0 Å². The molecule has 3 aromatic rings. The highest BCUT2D eigenvalue weighted by Crippen LogP contribution is 2.35. The van der Waals surface area contributed by atoms with Crippen LogP contribution in [0.2, 0.25) is 10.0 Å². The van der Waals surface area contributed by atoms with Crippen LogP contribution in [0.1, 0.15) is 34.5 Å². The molecule has 0 bridgehead atoms. The van der Waals surface area contributed by atoms with E-state index < -0.39 is 0 Å². The monoisotopic (exact) mass is 473 g/mol. The van der Waals surface area contributed by atoms with Crippen molar-refractivity contribution in [3.8, 4) is 11.3 Å². The van der Waals surface area contributed by atoms with Crippen molar-refractivity contribution < 1.29 is 9.59 Å². The lowest BCUT2D eigenvalue weighted by molar-refractivity contribution is -0.117. The van der Waals surface area contributed by atoms with Crippen molar-refractivity contribution in [2.45, 2.75) is 19.3 Å². The molecule has 1 aromatic heterocycles. The van der Waals surface area contributed by atoms with Gasteiger partial charge >= 0.3 is 0 Å². The molecule has 160 valence electrons. The molecule has 0 aliphatic carbocycles. The van der Waals surface area contributed by atoms with Gasteiger partial charge in [0.2, 0.25) is 11.7 Å². The van der Waals surface area contributed by atoms with Crippen LogP contribution in [0.4, 0.5) is 5.13 Å². The minimum atomic E-state index is -0.239. The van der Waals surface area contributed by atoms with Crippen molar-refractivity contribution in [1.82, 2.24) is 10.3 Å². The van der Waals surface area contributed by atoms with Crippen LogP contribution in [0, 0.1) is 5.92 Å². The topological polar surface area (TPSA) is 71.1 Å². The van der Waals surface area contributed by atoms with E-state index in [2.05, 4.69) is 15.6 Å². The second-order valence-electron chi connectivity index (χ2n) is 7.46. The van der Waals surface area contributed by atoms with Gasteiger partial charge in [0.25, 0.3) is 0 Å². The highest BCUT2D eigenvalue weighted by Gasteiger charge is 2.24. The molecule has 2 heterocycles. The van der Waals surface area contributed by atoms with Crippen LogP contribution in [-0.2, 0) is 4.79 Å². The predicted octanol–water partition coefficient (Wildman–Crippen LogP) is 5.68. The summed E-state index contributed by atoms with van der Waals surface area (Å²) in [5.41, 5.74) is 1.58. The molecule has 2 N–H and O–H groups in total. The van der Waals surface area contributed by atoms with Gasteiger partial charge in [-0.15, -0.1) is 0 Å². The number of rotatable bonds is 6. The second kappa shape index (κ2) is 9.92. The summed E-state index contributed by atoms with van der Waals surface area (Å²) in [7, 11) is 0. The number of carbonyl (C=O) groups is 2. The zero-order valence-corrected chi connectivity index (χ0v) is 19.0. The molecule has 4 rings (SSSR count). The largest absolute Gasteiger partial charge is 0.317 e. The number of amides is 1. The van der Waals surface area contributed by atoms with E-state index in [1.54, 1.807) is 42.5 Å². The number of benzene rings is 2. The third kappa shape index (κ3) is 5.33. The maximum absolute atomic E-state index is 13.3. The number of halogens is 2. The average molecular weight is 474 g/mol. The molecule has 1 aliphatic heterocycles. The summed E-state index contributed by atoms with van der Waals surface area (Å²) >= 11 is 13.6. The van der Waals surface area contributed by atoms with Gasteiger partial charge in [-0.05, 0) is 56.1 Å². The van der Waals surface area contributed by atoms with Gasteiger partial charge in [0.15, 0.2) is 5.13 Å². The van der Waals surface area contributed by atoms with Gasteiger partial charge in [-0.1, -0.05) is 58.8 Å². The van der Waals surface area contributed by atoms with Crippen molar-refractivity contribution in [3.05, 3.63) is 69.0 Å². The molecule has 8 heteroatoms. The summed E-state index contributed by atoms with van der Waals surface area (Å²) in [6.07, 6.45) is 2.41. The Labute approximate surface area is 194 Å². The molecule has 0 radical (unpaired) electrons. The highest BCUT2D eigenvalue weighted by atomic mass is 35.5. The Hall–Kier alpha value is -2.25. The zero-order chi connectivity index (χ0) is 21.8. The van der Waals surface area contributed by atoms with Crippen molar-refractivity contribution in [2.24, 2.45) is 5.92 Å². The van der Waals surface area contributed by atoms with Gasteiger partial charge in [0.05, 0.1) is 10.7 Å². The summed E-state index contributed by atoms with van der Waals surface area (Å²) in [5.74, 6) is 0.0322. The Morgan fingerprint density at radius 3 is 2.61 bits per heavy atom. The van der Waals surface area contributed by atoms with Crippen LogP contribution in [-0.4, -0.2) is 29.8 Å². The van der Waals surface area contributed by atoms with Crippen LogP contribution in [0.5, 0.6) is 0 Å². The first-order valence-corrected chi connectivity index (χ1v) is 11.6. The van der Waals surface area contributed by atoms with Gasteiger partial charge < -0.3 is 10.6 Å². The first-order chi connectivity index (χ1) is 15.0. The molecule has 1 fully saturated rings. The van der Waals surface area contributed by atoms with E-state index in [4.69, 9.17) is 23.2 Å². The number of piperidine rings is 1. The Balaban J connectivity index is 1.64. The van der Waals surface area contributed by atoms with E-state index in [-0.39, 0.29) is 11.7 Å². The number of aromatic nitrogens is 1. The number of nitrogens with one attached hydrogen (secondary N) is 2. The maximum Gasteiger partial charge on any atom is 0.226 e. The minimum Gasteiger partial charge on any atom is -0.317 e. The zero-order valence-electron chi connectivity index (χ0n) is 16.7. The fourth-order valence-electron chi connectivity index (χ4n) is 3.64. The van der Waals surface area contributed by atoms with E-state index in [9.17, 15) is 9.59 Å². The fourth-order valence-corrected chi connectivity index (χ4v) is 5.01. The van der Waals surface area contributed by atoms with Gasteiger partial charge in [-0.3, -0.25) is 9.59 Å². The van der Waals surface area contributed by atoms with Gasteiger partial charge in [0.1, 0.15) is 4.88 Å². The average Bonchev–Trinajstić information content (AvgIpc) is 3.18. The van der Waals surface area contributed by atoms with E-state index in [0.717, 1.165) is 37.3 Å². The van der Waals surface area contributed by atoms with Gasteiger partial charge in [0, 0.05) is 22.6 Å². The fraction of sp³-hybridized carbons (Fsp3) is 0.261. The molecule has 1 aliphatic rings. The lowest BCUT2D eigenvalue weighted by atomic mass is 9.94. The normalized spacial score (nSPS) is 14.4. The van der Waals surface area contributed by atoms with E-state index in [1.807, 2.05) is 6.07 Å². The van der Waals surface area contributed by atoms with Crippen LogP contribution in [0.15, 0.2) is 48.5 Å². The molecule has 1 saturated heterocycles. The molecular formula is C23H21Cl2N3O2S. The Bertz CT molecular complexity index is 1110. The quantitative estimate of drug-likeness (QED) is 0.452. The van der Waals surface area contributed by atoms with Crippen molar-refractivity contribution >= 4 is 51.4 Å². The number of thiazole rings is 1. The van der Waals surface area contributed by atoms with Crippen LogP contribution < -0.4 is 10.6 Å². The third-order valence-corrected chi connectivity index (χ3v) is 6.76. The maximum atomic E-state index is 13.3. The third-order valence-electron chi connectivity index (χ3n) is 5.23. The summed E-state index contributed by atoms with van der Waals surface area (Å²) < 4.78 is 0. The summed E-state index contributed by atoms with van der Waals surface area (Å²) in [4.78, 5) is 30.9. The predicted molar refractivity (Wildman–Crippen MR) is 126 cm³/mol. The summed E-state index contributed by atoms with van der Waals surface area (Å²) in [5, 5.41) is 7.49. The molecule has 0 unspecified atom stereocenters. The van der Waals surface area contributed by atoms with Gasteiger partial charge in [-0.2, -0.15) is 0 Å². The molecule has 1 amide bonds. The van der Waals surface area contributed by atoms with E-state index in [1.165, 1.54) is 0 Å². The Morgan fingerprint density at radius 1 is 1.10 bits per heavy atom. The first kappa shape index (κ1) is 22.0. The molecule has 0 atom stereocenters. The number of hydrogen-bond acceptors (Lipinski definition) is 5. The summed E-state index contributed by atoms with van der Waals surface area (Å²) in [6, 6.07) is 14.0. The molecular weight excluding hydrogens is 453 g/mol. The molecule has 5 nitrogen and oxygen atoms in total. The van der Waals surface area contributed by atoms with Crippen molar-refractivity contribution in [1.29, 1.82) is 0 Å². The lowest BCUT2D eigenvalue weighted by Crippen LogP contribution is -2.30. The Morgan fingerprint density at radius 2 is 1.87 bits per heavy atom. The van der Waals surface area contributed by atoms with E-state index >= 15 is 0 Å². The lowest BCUT2D eigenvalue weighted by Gasteiger charge is -2.21. The number of nitrogens with zero attached hydrogens (tertiary/aromatic N) is 1. The number of anilines is 1. The molecule has 31 heavy (non-hydrogen) atoms. The minimum absolute atomic E-state index is 0.0879. The Kier molecular flexibility index (Phi) is 7.02. The molecule has 0 saturated carbocycles. The molecule has 0 spiro atoms. The van der Waals surface area contributed by atoms with Crippen molar-refractivity contribution in [2.75, 3.05) is 18.4 Å². The van der Waals surface area contributed by atoms with Gasteiger partial charge in [-0.25, -0.2) is 4.98 Å². The number of ketones is 1. The molecule has 2 aromatic carbocycles. The standard InChI is InChI=1S/C23H21Cl2N3O2S/c24-16-5-3-4-15(13-16)20-22(21(30)17-6-1-2-7-18(17)25)31-23(28-20)27-19(29)12-14-8-10-26-11-9-14/h1-7,13-14,26H,8-12H2,(H,27,28,29).